The number of carbonyl (C=O) groups excluding carboxylic acids is 2. The molecule has 2 bridgehead atoms. The summed E-state index contributed by atoms with van der Waals surface area (Å²) < 4.78 is 0. The summed E-state index contributed by atoms with van der Waals surface area (Å²) in [4.78, 5) is 30.0. The van der Waals surface area contributed by atoms with E-state index in [1.165, 1.54) is 4.90 Å². The van der Waals surface area contributed by atoms with Gasteiger partial charge in [-0.25, -0.2) is 0 Å². The third kappa shape index (κ3) is 2.67. The zero-order valence-electron chi connectivity index (χ0n) is 12.0. The van der Waals surface area contributed by atoms with Crippen LogP contribution < -0.4 is 11.1 Å². The number of imide groups is 1. The molecule has 2 aliphatic carbocycles. The van der Waals surface area contributed by atoms with Crippen molar-refractivity contribution in [3.05, 3.63) is 12.2 Å². The summed E-state index contributed by atoms with van der Waals surface area (Å²) >= 11 is 0. The van der Waals surface area contributed by atoms with Gasteiger partial charge in [0.05, 0.1) is 11.8 Å². The lowest BCUT2D eigenvalue weighted by molar-refractivity contribution is -0.140. The van der Waals surface area contributed by atoms with Crippen molar-refractivity contribution in [3.8, 4) is 0 Å². The highest BCUT2D eigenvalue weighted by atomic mass is 127. The van der Waals surface area contributed by atoms with Crippen LogP contribution >= 0.6 is 24.0 Å². The summed E-state index contributed by atoms with van der Waals surface area (Å²) in [6.45, 7) is 1.08. The molecular formula is C14H21IN4O2. The molecule has 7 heteroatoms. The lowest BCUT2D eigenvalue weighted by atomic mass is 9.85. The highest BCUT2D eigenvalue weighted by Gasteiger charge is 2.58. The zero-order valence-corrected chi connectivity index (χ0v) is 14.3. The molecule has 4 atom stereocenters. The van der Waals surface area contributed by atoms with Gasteiger partial charge in [-0.15, -0.1) is 24.0 Å². The maximum Gasteiger partial charge on any atom is 0.233 e. The van der Waals surface area contributed by atoms with Crippen molar-refractivity contribution >= 4 is 41.8 Å². The Bertz CT molecular complexity index is 475. The molecule has 1 saturated heterocycles. The largest absolute Gasteiger partial charge is 0.370 e. The molecular weight excluding hydrogens is 383 g/mol. The van der Waals surface area contributed by atoms with Gasteiger partial charge in [0.25, 0.3) is 0 Å². The Balaban J connectivity index is 0.00000161. The second-order valence-electron chi connectivity index (χ2n) is 5.72. The molecule has 116 valence electrons. The van der Waals surface area contributed by atoms with E-state index in [9.17, 15) is 9.59 Å². The maximum absolute atomic E-state index is 12.4. The Morgan fingerprint density at radius 1 is 1.33 bits per heavy atom. The number of allylic oxidation sites excluding steroid dienone is 2. The summed E-state index contributed by atoms with van der Waals surface area (Å²) in [5, 5.41) is 2.93. The molecule has 0 aromatic carbocycles. The minimum Gasteiger partial charge on any atom is -0.370 e. The average Bonchev–Trinajstić information content (AvgIpc) is 3.11. The normalized spacial score (nSPS) is 33.4. The van der Waals surface area contributed by atoms with Crippen LogP contribution in [0.25, 0.3) is 0 Å². The Morgan fingerprint density at radius 3 is 2.43 bits per heavy atom. The lowest BCUT2D eigenvalue weighted by Gasteiger charge is -2.17. The van der Waals surface area contributed by atoms with Gasteiger partial charge in [0.15, 0.2) is 5.96 Å². The number of rotatable bonds is 4. The molecule has 21 heavy (non-hydrogen) atoms. The standard InChI is InChI=1S/C14H20N4O2.HI/c1-16-14(15)17-5-2-6-18-12(19)10-8-3-4-9(7-8)11(10)13(18)20;/h3-4,8-11H,2,5-7H2,1H3,(H3,15,16,17);1H. The number of fused-ring (bicyclic) bond motifs is 5. The highest BCUT2D eigenvalue weighted by molar-refractivity contribution is 14.0. The molecule has 0 radical (unpaired) electrons. The predicted octanol–water partition coefficient (Wildman–Crippen LogP) is 0.336. The van der Waals surface area contributed by atoms with E-state index < -0.39 is 0 Å². The van der Waals surface area contributed by atoms with Crippen molar-refractivity contribution in [2.75, 3.05) is 20.1 Å². The van der Waals surface area contributed by atoms with Crippen LogP contribution in [0.2, 0.25) is 0 Å². The van der Waals surface area contributed by atoms with Crippen molar-refractivity contribution in [1.82, 2.24) is 10.2 Å². The quantitative estimate of drug-likeness (QED) is 0.177. The Labute approximate surface area is 141 Å². The number of hydrogen-bond donors (Lipinski definition) is 2. The van der Waals surface area contributed by atoms with Crippen LogP contribution in [-0.2, 0) is 9.59 Å². The van der Waals surface area contributed by atoms with Gasteiger partial charge in [-0.2, -0.15) is 0 Å². The van der Waals surface area contributed by atoms with Crippen LogP contribution in [0.4, 0.5) is 0 Å². The second-order valence-corrected chi connectivity index (χ2v) is 5.72. The summed E-state index contributed by atoms with van der Waals surface area (Å²) in [5.41, 5.74) is 5.52. The minimum absolute atomic E-state index is 0. The van der Waals surface area contributed by atoms with Crippen molar-refractivity contribution in [2.45, 2.75) is 12.8 Å². The molecule has 3 N–H and O–H groups in total. The first-order valence-corrected chi connectivity index (χ1v) is 7.13. The van der Waals surface area contributed by atoms with Gasteiger partial charge in [0, 0.05) is 20.1 Å². The number of amides is 2. The van der Waals surface area contributed by atoms with Gasteiger partial charge in [-0.1, -0.05) is 12.2 Å². The van der Waals surface area contributed by atoms with Crippen LogP contribution in [-0.4, -0.2) is 42.8 Å². The van der Waals surface area contributed by atoms with E-state index in [4.69, 9.17) is 5.73 Å². The summed E-state index contributed by atoms with van der Waals surface area (Å²) in [5.74, 6) is 0.812. The van der Waals surface area contributed by atoms with E-state index in [0.717, 1.165) is 6.42 Å². The number of nitrogens with two attached hydrogens (primary N) is 1. The predicted molar refractivity (Wildman–Crippen MR) is 90.0 cm³/mol. The van der Waals surface area contributed by atoms with Gasteiger partial charge in [0.2, 0.25) is 11.8 Å². The fraction of sp³-hybridized carbons (Fsp3) is 0.643. The van der Waals surface area contributed by atoms with Gasteiger partial charge in [-0.3, -0.25) is 19.5 Å². The van der Waals surface area contributed by atoms with Gasteiger partial charge in [-0.05, 0) is 24.7 Å². The fourth-order valence-electron chi connectivity index (χ4n) is 3.72. The summed E-state index contributed by atoms with van der Waals surface area (Å²) in [6.07, 6.45) is 5.89. The molecule has 3 rings (SSSR count). The summed E-state index contributed by atoms with van der Waals surface area (Å²) in [6, 6.07) is 0. The first kappa shape index (κ1) is 16.3. The van der Waals surface area contributed by atoms with Crippen LogP contribution in [0.3, 0.4) is 0 Å². The van der Waals surface area contributed by atoms with E-state index in [-0.39, 0.29) is 59.5 Å². The van der Waals surface area contributed by atoms with E-state index in [2.05, 4.69) is 22.5 Å². The number of guanidine groups is 1. The lowest BCUT2D eigenvalue weighted by Crippen LogP contribution is -2.37. The molecule has 0 spiro atoms. The SMILES string of the molecule is CN=C(N)NCCCN1C(=O)C2C3C=CC(C3)C2C1=O.I. The van der Waals surface area contributed by atoms with Crippen LogP contribution in [0, 0.1) is 23.7 Å². The number of aliphatic imine (C=N–C) groups is 1. The molecule has 0 aromatic rings. The fourth-order valence-corrected chi connectivity index (χ4v) is 3.72. The monoisotopic (exact) mass is 404 g/mol. The zero-order chi connectivity index (χ0) is 14.3. The Kier molecular flexibility index (Phi) is 4.90. The Hall–Kier alpha value is -1.12. The van der Waals surface area contributed by atoms with Crippen molar-refractivity contribution in [1.29, 1.82) is 0 Å². The molecule has 1 heterocycles. The number of nitrogens with one attached hydrogen (secondary N) is 1. The van der Waals surface area contributed by atoms with E-state index in [1.54, 1.807) is 7.05 Å². The molecule has 6 nitrogen and oxygen atoms in total. The molecule has 4 unspecified atom stereocenters. The number of nitrogens with zero attached hydrogens (tertiary/aromatic N) is 2. The molecule has 0 aromatic heterocycles. The second kappa shape index (κ2) is 6.33. The number of carbonyl (C=O) groups is 2. The van der Waals surface area contributed by atoms with Crippen molar-refractivity contribution in [3.63, 3.8) is 0 Å². The van der Waals surface area contributed by atoms with Gasteiger partial charge < -0.3 is 11.1 Å². The van der Waals surface area contributed by atoms with Crippen LogP contribution in [0.5, 0.6) is 0 Å². The van der Waals surface area contributed by atoms with Crippen LogP contribution in [0.15, 0.2) is 17.1 Å². The third-order valence-corrected chi connectivity index (χ3v) is 4.67. The smallest absolute Gasteiger partial charge is 0.233 e. The maximum atomic E-state index is 12.4. The first-order valence-electron chi connectivity index (χ1n) is 7.13. The van der Waals surface area contributed by atoms with E-state index in [1.807, 2.05) is 0 Å². The average molecular weight is 404 g/mol. The van der Waals surface area contributed by atoms with E-state index in [0.29, 0.717) is 25.5 Å². The van der Waals surface area contributed by atoms with Crippen molar-refractivity contribution in [2.24, 2.45) is 34.4 Å². The molecule has 1 aliphatic heterocycles. The highest BCUT2D eigenvalue weighted by Crippen LogP contribution is 2.52. The molecule has 1 saturated carbocycles. The number of hydrogen-bond acceptors (Lipinski definition) is 3. The van der Waals surface area contributed by atoms with Gasteiger partial charge >= 0.3 is 0 Å². The summed E-state index contributed by atoms with van der Waals surface area (Å²) in [7, 11) is 1.61. The topological polar surface area (TPSA) is 87.8 Å². The third-order valence-electron chi connectivity index (χ3n) is 4.67. The molecule has 2 amide bonds. The van der Waals surface area contributed by atoms with E-state index >= 15 is 0 Å². The van der Waals surface area contributed by atoms with Crippen molar-refractivity contribution < 1.29 is 9.59 Å². The Morgan fingerprint density at radius 2 is 1.90 bits per heavy atom. The first-order chi connectivity index (χ1) is 9.63. The molecule has 2 fully saturated rings. The molecule has 3 aliphatic rings. The number of likely N-dealkylation sites (tertiary alicyclic amines) is 1. The number of halogens is 1. The van der Waals surface area contributed by atoms with Crippen LogP contribution in [0.1, 0.15) is 12.8 Å². The van der Waals surface area contributed by atoms with Gasteiger partial charge in [0.1, 0.15) is 0 Å². The minimum atomic E-state index is -0.0901.